The summed E-state index contributed by atoms with van der Waals surface area (Å²) < 4.78 is 18.6. The van der Waals surface area contributed by atoms with E-state index in [0.29, 0.717) is 28.7 Å². The van der Waals surface area contributed by atoms with E-state index in [9.17, 15) is 9.50 Å². The molecule has 6 nitrogen and oxygen atoms in total. The topological polar surface area (TPSA) is 84.1 Å². The van der Waals surface area contributed by atoms with E-state index < -0.39 is 11.9 Å². The van der Waals surface area contributed by atoms with Gasteiger partial charge in [0.15, 0.2) is 5.82 Å². The van der Waals surface area contributed by atoms with Gasteiger partial charge in [0, 0.05) is 18.3 Å². The van der Waals surface area contributed by atoms with Crippen molar-refractivity contribution in [2.24, 2.45) is 0 Å². The Labute approximate surface area is 142 Å². The molecular weight excluding hydrogens is 335 g/mol. The number of pyridine rings is 1. The zero-order valence-electron chi connectivity index (χ0n) is 12.7. The highest BCUT2D eigenvalue weighted by molar-refractivity contribution is 6.30. The predicted molar refractivity (Wildman–Crippen MR) is 87.1 cm³/mol. The number of nitrogens with zero attached hydrogens (tertiary/aromatic N) is 3. The average molecular weight is 349 g/mol. The maximum atomic E-state index is 13.4. The number of anilines is 1. The summed E-state index contributed by atoms with van der Waals surface area (Å²) in [5, 5.41) is 16.9. The molecule has 2 aromatic heterocycles. The molecule has 124 valence electrons. The molecule has 1 unspecified atom stereocenters. The Hall–Kier alpha value is -2.51. The first-order chi connectivity index (χ1) is 11.5. The van der Waals surface area contributed by atoms with Crippen LogP contribution in [0, 0.1) is 12.7 Å². The average Bonchev–Trinajstić information content (AvgIpc) is 3.02. The smallest absolute Gasteiger partial charge is 0.258 e. The number of aryl methyl sites for hydroxylation is 1. The van der Waals surface area contributed by atoms with Crippen molar-refractivity contribution in [2.45, 2.75) is 13.0 Å². The van der Waals surface area contributed by atoms with Crippen molar-refractivity contribution in [1.82, 2.24) is 15.1 Å². The molecule has 8 heteroatoms. The van der Waals surface area contributed by atoms with Crippen molar-refractivity contribution < 1.29 is 14.0 Å². The van der Waals surface area contributed by atoms with Crippen molar-refractivity contribution in [3.8, 4) is 11.5 Å². The van der Waals surface area contributed by atoms with Gasteiger partial charge in [0.05, 0.1) is 11.1 Å². The fourth-order valence-corrected chi connectivity index (χ4v) is 2.23. The van der Waals surface area contributed by atoms with Gasteiger partial charge in [-0.1, -0.05) is 22.8 Å². The minimum Gasteiger partial charge on any atom is -0.387 e. The normalized spacial score (nSPS) is 12.2. The van der Waals surface area contributed by atoms with Crippen LogP contribution in [0.1, 0.15) is 17.5 Å². The van der Waals surface area contributed by atoms with E-state index >= 15 is 0 Å². The van der Waals surface area contributed by atoms with Gasteiger partial charge in [0.1, 0.15) is 11.6 Å². The molecule has 3 aromatic rings. The lowest BCUT2D eigenvalue weighted by Crippen LogP contribution is -2.13. The molecule has 0 aliphatic rings. The first-order valence-electron chi connectivity index (χ1n) is 7.16. The van der Waals surface area contributed by atoms with E-state index in [-0.39, 0.29) is 11.6 Å². The van der Waals surface area contributed by atoms with E-state index in [0.717, 1.165) is 0 Å². The summed E-state index contributed by atoms with van der Waals surface area (Å²) in [5.74, 6) is 0.881. The molecule has 2 N–H and O–H groups in total. The van der Waals surface area contributed by atoms with E-state index in [1.54, 1.807) is 31.3 Å². The molecule has 0 spiro atoms. The summed E-state index contributed by atoms with van der Waals surface area (Å²) in [6.07, 6.45) is 0.679. The third-order valence-electron chi connectivity index (χ3n) is 3.34. The number of aliphatic hydroxyl groups is 1. The Morgan fingerprint density at radius 2 is 2.17 bits per heavy atom. The van der Waals surface area contributed by atoms with Crippen LogP contribution in [0.2, 0.25) is 5.02 Å². The van der Waals surface area contributed by atoms with Crippen LogP contribution < -0.4 is 5.32 Å². The van der Waals surface area contributed by atoms with Gasteiger partial charge in [0.2, 0.25) is 0 Å². The van der Waals surface area contributed by atoms with Gasteiger partial charge in [0.25, 0.3) is 5.89 Å². The first kappa shape index (κ1) is 16.4. The van der Waals surface area contributed by atoms with Crippen LogP contribution in [0.3, 0.4) is 0 Å². The third-order valence-corrected chi connectivity index (χ3v) is 3.65. The number of nitrogens with one attached hydrogen (secondary N) is 1. The highest BCUT2D eigenvalue weighted by atomic mass is 35.5. The molecular formula is C16H14ClFN4O2. The van der Waals surface area contributed by atoms with Crippen LogP contribution in [0.25, 0.3) is 11.5 Å². The molecule has 0 bridgehead atoms. The van der Waals surface area contributed by atoms with Crippen LogP contribution in [0.5, 0.6) is 0 Å². The summed E-state index contributed by atoms with van der Waals surface area (Å²) in [4.78, 5) is 8.31. The monoisotopic (exact) mass is 348 g/mol. The summed E-state index contributed by atoms with van der Waals surface area (Å²) in [5.41, 5.74) is 1.13. The molecule has 1 atom stereocenters. The molecule has 3 rings (SSSR count). The number of rotatable bonds is 5. The van der Waals surface area contributed by atoms with Crippen LogP contribution >= 0.6 is 11.6 Å². The number of aliphatic hydroxyl groups excluding tert-OH is 1. The zero-order valence-corrected chi connectivity index (χ0v) is 13.5. The lowest BCUT2D eigenvalue weighted by atomic mass is 10.1. The fraction of sp³-hybridized carbons (Fsp3) is 0.188. The SMILES string of the molecule is Cc1noc(-c2ccnc(NCC(O)c3ccc(Cl)c(F)c3)c2)n1. The predicted octanol–water partition coefficient (Wildman–Crippen LogP) is 3.38. The molecule has 24 heavy (non-hydrogen) atoms. The second kappa shape index (κ2) is 6.94. The summed E-state index contributed by atoms with van der Waals surface area (Å²) in [6.45, 7) is 1.88. The summed E-state index contributed by atoms with van der Waals surface area (Å²) in [7, 11) is 0. The molecule has 0 aliphatic heterocycles. The van der Waals surface area contributed by atoms with Crippen molar-refractivity contribution in [3.63, 3.8) is 0 Å². The molecule has 2 heterocycles. The van der Waals surface area contributed by atoms with Gasteiger partial charge in [-0.15, -0.1) is 0 Å². The number of benzene rings is 1. The Morgan fingerprint density at radius 3 is 2.88 bits per heavy atom. The van der Waals surface area contributed by atoms with Crippen LogP contribution in [0.4, 0.5) is 10.2 Å². The van der Waals surface area contributed by atoms with Crippen molar-refractivity contribution >= 4 is 17.4 Å². The van der Waals surface area contributed by atoms with E-state index in [2.05, 4.69) is 20.4 Å². The highest BCUT2D eigenvalue weighted by Crippen LogP contribution is 2.22. The molecule has 0 saturated carbocycles. The van der Waals surface area contributed by atoms with Gasteiger partial charge in [-0.05, 0) is 36.8 Å². The van der Waals surface area contributed by atoms with Crippen molar-refractivity contribution in [2.75, 3.05) is 11.9 Å². The zero-order chi connectivity index (χ0) is 17.1. The Bertz CT molecular complexity index is 856. The van der Waals surface area contributed by atoms with Gasteiger partial charge >= 0.3 is 0 Å². The second-order valence-electron chi connectivity index (χ2n) is 5.15. The Kier molecular flexibility index (Phi) is 4.73. The number of hydrogen-bond acceptors (Lipinski definition) is 6. The van der Waals surface area contributed by atoms with E-state index in [4.69, 9.17) is 16.1 Å². The molecule has 0 aliphatic carbocycles. The summed E-state index contributed by atoms with van der Waals surface area (Å²) >= 11 is 5.63. The highest BCUT2D eigenvalue weighted by Gasteiger charge is 2.12. The Balaban J connectivity index is 1.69. The quantitative estimate of drug-likeness (QED) is 0.735. The van der Waals surface area contributed by atoms with Gasteiger partial charge in [-0.3, -0.25) is 0 Å². The first-order valence-corrected chi connectivity index (χ1v) is 7.54. The number of hydrogen-bond donors (Lipinski definition) is 2. The van der Waals surface area contributed by atoms with E-state index in [1.807, 2.05) is 0 Å². The maximum Gasteiger partial charge on any atom is 0.258 e. The van der Waals surface area contributed by atoms with Crippen molar-refractivity contribution in [1.29, 1.82) is 0 Å². The molecule has 0 amide bonds. The van der Waals surface area contributed by atoms with Crippen LogP contribution in [-0.2, 0) is 0 Å². The van der Waals surface area contributed by atoms with Gasteiger partial charge in [-0.2, -0.15) is 4.98 Å². The third kappa shape index (κ3) is 3.69. The Morgan fingerprint density at radius 1 is 1.33 bits per heavy atom. The fourth-order valence-electron chi connectivity index (χ4n) is 2.11. The standard InChI is InChI=1S/C16H14ClFN4O2/c1-9-21-16(24-22-9)11-4-5-19-15(7-11)20-8-14(23)10-2-3-12(17)13(18)6-10/h2-7,14,23H,8H2,1H3,(H,19,20). The number of aromatic nitrogens is 3. The van der Waals surface area contributed by atoms with Gasteiger partial charge in [-0.25, -0.2) is 9.37 Å². The van der Waals surface area contributed by atoms with Crippen molar-refractivity contribution in [3.05, 3.63) is 58.8 Å². The van der Waals surface area contributed by atoms with Crippen LogP contribution in [0.15, 0.2) is 41.1 Å². The van der Waals surface area contributed by atoms with E-state index in [1.165, 1.54) is 12.1 Å². The summed E-state index contributed by atoms with van der Waals surface area (Å²) in [6, 6.07) is 7.65. The van der Waals surface area contributed by atoms with Gasteiger partial charge < -0.3 is 14.9 Å². The lowest BCUT2D eigenvalue weighted by Gasteiger charge is -2.13. The largest absolute Gasteiger partial charge is 0.387 e. The lowest BCUT2D eigenvalue weighted by molar-refractivity contribution is 0.191. The minimum atomic E-state index is -0.909. The molecule has 1 aromatic carbocycles. The molecule has 0 fully saturated rings. The minimum absolute atomic E-state index is 0.0168. The molecule has 0 radical (unpaired) electrons. The maximum absolute atomic E-state index is 13.4. The van der Waals surface area contributed by atoms with Crippen LogP contribution in [-0.4, -0.2) is 26.8 Å². The number of halogens is 2. The molecule has 0 saturated heterocycles. The second-order valence-corrected chi connectivity index (χ2v) is 5.55.